The van der Waals surface area contributed by atoms with Gasteiger partial charge in [-0.3, -0.25) is 0 Å². The van der Waals surface area contributed by atoms with Crippen molar-refractivity contribution in [1.29, 1.82) is 0 Å². The number of benzene rings is 1. The molecule has 0 radical (unpaired) electrons. The molecule has 0 saturated heterocycles. The molecule has 0 saturated carbocycles. The molecule has 2 aromatic rings. The normalized spacial score (nSPS) is 10.2. The number of aryl methyl sites for hydroxylation is 1. The van der Waals surface area contributed by atoms with Crippen molar-refractivity contribution in [2.45, 2.75) is 13.5 Å². The molecule has 0 bridgehead atoms. The quantitative estimate of drug-likeness (QED) is 0.870. The Bertz CT molecular complexity index is 536. The minimum absolute atomic E-state index is 0.117. The second-order valence-corrected chi connectivity index (χ2v) is 3.48. The van der Waals surface area contributed by atoms with Crippen molar-refractivity contribution in [3.63, 3.8) is 0 Å². The molecular weight excluding hydrogens is 222 g/mol. The van der Waals surface area contributed by atoms with Gasteiger partial charge < -0.3 is 14.9 Å². The van der Waals surface area contributed by atoms with E-state index in [0.717, 1.165) is 11.1 Å². The van der Waals surface area contributed by atoms with E-state index >= 15 is 0 Å². The van der Waals surface area contributed by atoms with Crippen molar-refractivity contribution < 1.29 is 13.9 Å². The lowest BCUT2D eigenvalue weighted by molar-refractivity contribution is 0.139. The third-order valence-corrected chi connectivity index (χ3v) is 2.07. The maximum absolute atomic E-state index is 10.4. The highest BCUT2D eigenvalue weighted by Crippen LogP contribution is 2.18. The van der Waals surface area contributed by atoms with Gasteiger partial charge in [0.15, 0.2) is 6.61 Å². The van der Waals surface area contributed by atoms with Crippen LogP contribution in [0.5, 0.6) is 0 Å². The van der Waals surface area contributed by atoms with Gasteiger partial charge in [-0.25, -0.2) is 4.79 Å². The standard InChI is InChI=1S/C11H11N3O3/c1-7-3-2-4-8(5-7)10-14-13-9(17-10)6-16-11(12)15/h2-5H,6H2,1H3,(H2,12,15). The van der Waals surface area contributed by atoms with E-state index in [-0.39, 0.29) is 12.5 Å². The summed E-state index contributed by atoms with van der Waals surface area (Å²) in [5, 5.41) is 7.60. The fraction of sp³-hybridized carbons (Fsp3) is 0.182. The zero-order chi connectivity index (χ0) is 12.3. The van der Waals surface area contributed by atoms with Gasteiger partial charge in [0.05, 0.1) is 0 Å². The summed E-state index contributed by atoms with van der Waals surface area (Å²) in [6.07, 6.45) is -0.875. The molecule has 0 aliphatic rings. The molecule has 88 valence electrons. The average Bonchev–Trinajstić information content (AvgIpc) is 2.75. The number of carbonyl (C=O) groups excluding carboxylic acids is 1. The molecule has 6 heteroatoms. The Labute approximate surface area is 97.4 Å². The van der Waals surface area contributed by atoms with Crippen LogP contribution < -0.4 is 5.73 Å². The number of nitrogens with two attached hydrogens (primary N) is 1. The number of carbonyl (C=O) groups is 1. The van der Waals surface area contributed by atoms with E-state index < -0.39 is 6.09 Å². The van der Waals surface area contributed by atoms with Crippen LogP contribution in [0, 0.1) is 6.92 Å². The Morgan fingerprint density at radius 2 is 2.29 bits per heavy atom. The summed E-state index contributed by atoms with van der Waals surface area (Å²) in [7, 11) is 0. The molecule has 6 nitrogen and oxygen atoms in total. The van der Waals surface area contributed by atoms with E-state index in [4.69, 9.17) is 10.2 Å². The number of nitrogens with zero attached hydrogens (tertiary/aromatic N) is 2. The van der Waals surface area contributed by atoms with Crippen LogP contribution in [-0.4, -0.2) is 16.3 Å². The van der Waals surface area contributed by atoms with Crippen molar-refractivity contribution in [1.82, 2.24) is 10.2 Å². The molecule has 1 amide bonds. The maximum Gasteiger partial charge on any atom is 0.405 e. The largest absolute Gasteiger partial charge is 0.440 e. The van der Waals surface area contributed by atoms with E-state index in [1.807, 2.05) is 31.2 Å². The number of rotatable bonds is 3. The summed E-state index contributed by atoms with van der Waals surface area (Å²) in [6.45, 7) is 1.85. The molecule has 17 heavy (non-hydrogen) atoms. The molecule has 2 N–H and O–H groups in total. The molecule has 2 rings (SSSR count). The Balaban J connectivity index is 2.15. The lowest BCUT2D eigenvalue weighted by atomic mass is 10.1. The van der Waals surface area contributed by atoms with Crippen LogP contribution in [0.25, 0.3) is 11.5 Å². The fourth-order valence-corrected chi connectivity index (χ4v) is 1.34. The lowest BCUT2D eigenvalue weighted by Crippen LogP contribution is -2.12. The monoisotopic (exact) mass is 233 g/mol. The highest BCUT2D eigenvalue weighted by atomic mass is 16.6. The van der Waals surface area contributed by atoms with Gasteiger partial charge in [-0.15, -0.1) is 10.2 Å². The first-order chi connectivity index (χ1) is 8.15. The van der Waals surface area contributed by atoms with Gasteiger partial charge in [0, 0.05) is 5.56 Å². The Morgan fingerprint density at radius 1 is 1.47 bits per heavy atom. The van der Waals surface area contributed by atoms with Gasteiger partial charge in [0.2, 0.25) is 5.89 Å². The maximum atomic E-state index is 10.4. The van der Waals surface area contributed by atoms with Crippen LogP contribution in [0.2, 0.25) is 0 Å². The molecule has 1 aromatic carbocycles. The van der Waals surface area contributed by atoms with Gasteiger partial charge in [-0.1, -0.05) is 17.7 Å². The van der Waals surface area contributed by atoms with Crippen LogP contribution in [0.1, 0.15) is 11.5 Å². The highest BCUT2D eigenvalue weighted by molar-refractivity contribution is 5.64. The molecule has 0 spiro atoms. The second kappa shape index (κ2) is 4.65. The fourth-order valence-electron chi connectivity index (χ4n) is 1.34. The number of hydrogen-bond donors (Lipinski definition) is 1. The summed E-state index contributed by atoms with van der Waals surface area (Å²) in [5.74, 6) is 0.595. The van der Waals surface area contributed by atoms with Crippen molar-refractivity contribution in [2.24, 2.45) is 5.73 Å². The zero-order valence-electron chi connectivity index (χ0n) is 9.21. The molecular formula is C11H11N3O3. The van der Waals surface area contributed by atoms with Crippen LogP contribution in [-0.2, 0) is 11.3 Å². The molecule has 0 fully saturated rings. The van der Waals surface area contributed by atoms with Crippen LogP contribution >= 0.6 is 0 Å². The predicted molar refractivity (Wildman–Crippen MR) is 58.8 cm³/mol. The SMILES string of the molecule is Cc1cccc(-c2nnc(COC(N)=O)o2)c1. The number of primary amides is 1. The van der Waals surface area contributed by atoms with Crippen LogP contribution in [0.3, 0.4) is 0 Å². The molecule has 1 heterocycles. The zero-order valence-corrected chi connectivity index (χ0v) is 9.21. The van der Waals surface area contributed by atoms with Gasteiger partial charge >= 0.3 is 6.09 Å². The first-order valence-corrected chi connectivity index (χ1v) is 4.97. The minimum Gasteiger partial charge on any atom is -0.440 e. The summed E-state index contributed by atoms with van der Waals surface area (Å²) in [4.78, 5) is 10.4. The van der Waals surface area contributed by atoms with Gasteiger partial charge in [-0.2, -0.15) is 0 Å². The summed E-state index contributed by atoms with van der Waals surface area (Å²) in [6, 6.07) is 7.65. The molecule has 1 aromatic heterocycles. The van der Waals surface area contributed by atoms with Crippen LogP contribution in [0.4, 0.5) is 4.79 Å². The number of aromatic nitrogens is 2. The van der Waals surface area contributed by atoms with Crippen molar-refractivity contribution in [3.8, 4) is 11.5 Å². The third-order valence-electron chi connectivity index (χ3n) is 2.07. The molecule has 0 unspecified atom stereocenters. The van der Waals surface area contributed by atoms with E-state index in [1.54, 1.807) is 0 Å². The van der Waals surface area contributed by atoms with Gasteiger partial charge in [0.1, 0.15) is 0 Å². The highest BCUT2D eigenvalue weighted by Gasteiger charge is 2.09. The Kier molecular flexibility index (Phi) is 3.04. The minimum atomic E-state index is -0.875. The predicted octanol–water partition coefficient (Wildman–Crippen LogP) is 1.64. The second-order valence-electron chi connectivity index (χ2n) is 3.48. The van der Waals surface area contributed by atoms with E-state index in [9.17, 15) is 4.79 Å². The van der Waals surface area contributed by atoms with Gasteiger partial charge in [0.25, 0.3) is 5.89 Å². The smallest absolute Gasteiger partial charge is 0.405 e. The summed E-state index contributed by atoms with van der Waals surface area (Å²) < 4.78 is 9.86. The summed E-state index contributed by atoms with van der Waals surface area (Å²) >= 11 is 0. The van der Waals surface area contributed by atoms with E-state index in [1.165, 1.54) is 0 Å². The number of ether oxygens (including phenoxy) is 1. The van der Waals surface area contributed by atoms with Crippen molar-refractivity contribution in [2.75, 3.05) is 0 Å². The van der Waals surface area contributed by atoms with Crippen molar-refractivity contribution >= 4 is 6.09 Å². The topological polar surface area (TPSA) is 91.2 Å². The van der Waals surface area contributed by atoms with E-state index in [0.29, 0.717) is 5.89 Å². The molecule has 0 atom stereocenters. The molecule has 0 aliphatic heterocycles. The Morgan fingerprint density at radius 3 is 3.00 bits per heavy atom. The van der Waals surface area contributed by atoms with Crippen LogP contribution in [0.15, 0.2) is 28.7 Å². The Hall–Kier alpha value is -2.37. The number of amides is 1. The summed E-state index contributed by atoms with van der Waals surface area (Å²) in [5.41, 5.74) is 6.74. The molecule has 0 aliphatic carbocycles. The first-order valence-electron chi connectivity index (χ1n) is 4.97. The average molecular weight is 233 g/mol. The number of hydrogen-bond acceptors (Lipinski definition) is 5. The lowest BCUT2D eigenvalue weighted by Gasteiger charge is -1.96. The first kappa shape index (κ1) is 11.1. The van der Waals surface area contributed by atoms with Crippen molar-refractivity contribution in [3.05, 3.63) is 35.7 Å². The van der Waals surface area contributed by atoms with E-state index in [2.05, 4.69) is 14.9 Å². The van der Waals surface area contributed by atoms with Gasteiger partial charge in [-0.05, 0) is 19.1 Å². The third kappa shape index (κ3) is 2.81.